The van der Waals surface area contributed by atoms with Gasteiger partial charge in [-0.05, 0) is 36.4 Å². The molecule has 4 rings (SSSR count). The van der Waals surface area contributed by atoms with Crippen molar-refractivity contribution in [3.63, 3.8) is 0 Å². The molecule has 2 aromatic carbocycles. The fourth-order valence-corrected chi connectivity index (χ4v) is 3.07. The Morgan fingerprint density at radius 3 is 2.31 bits per heavy atom. The Labute approximate surface area is 166 Å². The van der Waals surface area contributed by atoms with Crippen LogP contribution in [0.25, 0.3) is 0 Å². The van der Waals surface area contributed by atoms with E-state index in [2.05, 4.69) is 10.3 Å². The van der Waals surface area contributed by atoms with Crippen LogP contribution in [-0.4, -0.2) is 40.8 Å². The van der Waals surface area contributed by atoms with E-state index < -0.39 is 0 Å². The molecule has 0 unspecified atom stereocenters. The number of carbonyl (C=O) groups excluding carboxylic acids is 3. The second-order valence-corrected chi connectivity index (χ2v) is 6.37. The number of pyridine rings is 1. The van der Waals surface area contributed by atoms with Gasteiger partial charge in [-0.1, -0.05) is 18.2 Å². The van der Waals surface area contributed by atoms with Crippen molar-refractivity contribution < 1.29 is 19.1 Å². The van der Waals surface area contributed by atoms with Gasteiger partial charge in [0.1, 0.15) is 12.4 Å². The number of hydrogen-bond acceptors (Lipinski definition) is 5. The first kappa shape index (κ1) is 18.4. The molecule has 0 fully saturated rings. The minimum atomic E-state index is -0.312. The lowest BCUT2D eigenvalue weighted by Gasteiger charge is -2.15. The lowest BCUT2D eigenvalue weighted by Crippen LogP contribution is -2.33. The summed E-state index contributed by atoms with van der Waals surface area (Å²) in [5.74, 6) is -0.357. The average Bonchev–Trinajstić information content (AvgIpc) is 3.00. The number of ether oxygens (including phenoxy) is 1. The molecule has 29 heavy (non-hydrogen) atoms. The van der Waals surface area contributed by atoms with Gasteiger partial charge in [-0.3, -0.25) is 24.3 Å². The van der Waals surface area contributed by atoms with E-state index in [1.165, 1.54) is 4.90 Å². The Bertz CT molecular complexity index is 1050. The lowest BCUT2D eigenvalue weighted by atomic mass is 10.1. The second-order valence-electron chi connectivity index (χ2n) is 6.37. The van der Waals surface area contributed by atoms with Crippen LogP contribution in [0.1, 0.15) is 31.1 Å². The van der Waals surface area contributed by atoms with E-state index in [0.29, 0.717) is 28.1 Å². The molecule has 0 saturated carbocycles. The molecule has 7 heteroatoms. The van der Waals surface area contributed by atoms with Crippen molar-refractivity contribution in [1.82, 2.24) is 9.88 Å². The molecule has 1 aliphatic rings. The van der Waals surface area contributed by atoms with E-state index in [4.69, 9.17) is 4.74 Å². The molecule has 1 aromatic heterocycles. The van der Waals surface area contributed by atoms with Crippen LogP contribution < -0.4 is 10.1 Å². The molecule has 1 aliphatic heterocycles. The number of fused-ring (bicyclic) bond motifs is 1. The number of benzene rings is 2. The summed E-state index contributed by atoms with van der Waals surface area (Å²) in [6, 6.07) is 16.9. The summed E-state index contributed by atoms with van der Waals surface area (Å²) in [6.45, 7) is 0.285. The number of nitrogens with zero attached hydrogens (tertiary/aromatic N) is 2. The van der Waals surface area contributed by atoms with Crippen molar-refractivity contribution in [2.75, 3.05) is 18.5 Å². The van der Waals surface area contributed by atoms with Crippen molar-refractivity contribution in [1.29, 1.82) is 0 Å². The van der Waals surface area contributed by atoms with Gasteiger partial charge in [0.05, 0.1) is 17.7 Å². The first-order chi connectivity index (χ1) is 14.1. The number of hydrogen-bond donors (Lipinski definition) is 1. The quantitative estimate of drug-likeness (QED) is 0.657. The molecule has 0 saturated heterocycles. The van der Waals surface area contributed by atoms with Crippen LogP contribution in [0.15, 0.2) is 73.1 Å². The molecule has 7 nitrogen and oxygen atoms in total. The van der Waals surface area contributed by atoms with Crippen molar-refractivity contribution in [3.8, 4) is 5.75 Å². The van der Waals surface area contributed by atoms with Gasteiger partial charge in [-0.25, -0.2) is 0 Å². The molecule has 2 heterocycles. The third-order valence-corrected chi connectivity index (χ3v) is 4.50. The summed E-state index contributed by atoms with van der Waals surface area (Å²) in [7, 11) is 0. The monoisotopic (exact) mass is 387 g/mol. The highest BCUT2D eigenvalue weighted by molar-refractivity contribution is 6.21. The molecular weight excluding hydrogens is 370 g/mol. The first-order valence-electron chi connectivity index (χ1n) is 9.03. The Kier molecular flexibility index (Phi) is 5.03. The summed E-state index contributed by atoms with van der Waals surface area (Å²) in [5, 5.41) is 2.79. The Hall–Kier alpha value is -4.00. The van der Waals surface area contributed by atoms with Gasteiger partial charge in [-0.15, -0.1) is 0 Å². The summed E-state index contributed by atoms with van der Waals surface area (Å²) >= 11 is 0. The highest BCUT2D eigenvalue weighted by atomic mass is 16.5. The predicted molar refractivity (Wildman–Crippen MR) is 106 cm³/mol. The molecule has 1 N–H and O–H groups in total. The zero-order valence-corrected chi connectivity index (χ0v) is 15.4. The van der Waals surface area contributed by atoms with Gasteiger partial charge in [0.15, 0.2) is 0 Å². The maximum atomic E-state index is 12.4. The second kappa shape index (κ2) is 7.93. The number of carbonyl (C=O) groups is 3. The van der Waals surface area contributed by atoms with Crippen LogP contribution in [0, 0.1) is 0 Å². The van der Waals surface area contributed by atoms with Crippen LogP contribution in [0.5, 0.6) is 5.75 Å². The van der Waals surface area contributed by atoms with Crippen molar-refractivity contribution in [2.45, 2.75) is 0 Å². The van der Waals surface area contributed by atoms with Crippen LogP contribution >= 0.6 is 0 Å². The summed E-state index contributed by atoms with van der Waals surface area (Å²) in [6.07, 6.45) is 3.10. The summed E-state index contributed by atoms with van der Waals surface area (Å²) in [5.41, 5.74) is 1.90. The third-order valence-electron chi connectivity index (χ3n) is 4.50. The molecule has 3 amide bonds. The maximum Gasteiger partial charge on any atom is 0.261 e. The van der Waals surface area contributed by atoms with E-state index in [-0.39, 0.29) is 30.9 Å². The molecule has 144 valence electrons. The van der Waals surface area contributed by atoms with Crippen LogP contribution in [0.4, 0.5) is 5.69 Å². The van der Waals surface area contributed by atoms with Gasteiger partial charge in [0.25, 0.3) is 17.7 Å². The number of anilines is 1. The van der Waals surface area contributed by atoms with Crippen LogP contribution in [0.3, 0.4) is 0 Å². The molecule has 0 bridgehead atoms. The minimum Gasteiger partial charge on any atom is -0.492 e. The number of amides is 3. The predicted octanol–water partition coefficient (Wildman–Crippen LogP) is 3.01. The van der Waals surface area contributed by atoms with Gasteiger partial charge in [-0.2, -0.15) is 0 Å². The van der Waals surface area contributed by atoms with Crippen LogP contribution in [-0.2, 0) is 0 Å². The zero-order chi connectivity index (χ0) is 20.2. The molecule has 0 radical (unpaired) electrons. The smallest absolute Gasteiger partial charge is 0.261 e. The minimum absolute atomic E-state index is 0.139. The van der Waals surface area contributed by atoms with Gasteiger partial charge in [0, 0.05) is 29.7 Å². The van der Waals surface area contributed by atoms with Crippen molar-refractivity contribution in [3.05, 3.63) is 89.7 Å². The Morgan fingerprint density at radius 1 is 0.931 bits per heavy atom. The normalized spacial score (nSPS) is 12.6. The molecule has 0 atom stereocenters. The highest BCUT2D eigenvalue weighted by Gasteiger charge is 2.34. The SMILES string of the molecule is O=C(Nc1cccc(OCCN2C(=O)c3ccccc3C2=O)c1)c1ccncc1. The van der Waals surface area contributed by atoms with Gasteiger partial charge in [0.2, 0.25) is 0 Å². The standard InChI is InChI=1S/C22H17N3O4/c26-20(15-8-10-23-11-9-15)24-16-4-3-5-17(14-16)29-13-12-25-21(27)18-6-1-2-7-19(18)22(25)28/h1-11,14H,12-13H2,(H,24,26). The molecule has 0 spiro atoms. The average molecular weight is 387 g/mol. The fourth-order valence-electron chi connectivity index (χ4n) is 3.07. The highest BCUT2D eigenvalue weighted by Crippen LogP contribution is 2.23. The van der Waals surface area contributed by atoms with Crippen LogP contribution in [0.2, 0.25) is 0 Å². The molecule has 0 aliphatic carbocycles. The first-order valence-corrected chi connectivity index (χ1v) is 9.03. The van der Waals surface area contributed by atoms with Crippen molar-refractivity contribution >= 4 is 23.4 Å². The Morgan fingerprint density at radius 2 is 1.62 bits per heavy atom. The largest absolute Gasteiger partial charge is 0.492 e. The van der Waals surface area contributed by atoms with E-state index in [0.717, 1.165) is 0 Å². The Balaban J connectivity index is 1.35. The van der Waals surface area contributed by atoms with E-state index >= 15 is 0 Å². The zero-order valence-electron chi connectivity index (χ0n) is 15.4. The van der Waals surface area contributed by atoms with E-state index in [9.17, 15) is 14.4 Å². The van der Waals surface area contributed by atoms with Crippen molar-refractivity contribution in [2.24, 2.45) is 0 Å². The number of aromatic nitrogens is 1. The topological polar surface area (TPSA) is 88.6 Å². The van der Waals surface area contributed by atoms with E-state index in [1.54, 1.807) is 73.1 Å². The van der Waals surface area contributed by atoms with E-state index in [1.807, 2.05) is 0 Å². The maximum absolute atomic E-state index is 12.4. The summed E-state index contributed by atoms with van der Waals surface area (Å²) in [4.78, 5) is 42.0. The number of imide groups is 1. The lowest BCUT2D eigenvalue weighted by molar-refractivity contribution is 0.0631. The number of rotatable bonds is 6. The molecule has 3 aromatic rings. The summed E-state index contributed by atoms with van der Waals surface area (Å²) < 4.78 is 5.68. The fraction of sp³-hybridized carbons (Fsp3) is 0.0909. The molecular formula is C22H17N3O4. The third kappa shape index (κ3) is 3.84. The van der Waals surface area contributed by atoms with Gasteiger partial charge < -0.3 is 10.1 Å². The number of nitrogens with one attached hydrogen (secondary N) is 1. The van der Waals surface area contributed by atoms with Gasteiger partial charge >= 0.3 is 0 Å².